The van der Waals surface area contributed by atoms with E-state index in [1.54, 1.807) is 18.4 Å². The molecule has 1 aliphatic heterocycles. The molecule has 0 aromatic carbocycles. The highest BCUT2D eigenvalue weighted by Crippen LogP contribution is 2.19. The average molecular weight is 375 g/mol. The Balaban J connectivity index is 1.42. The molecule has 3 rings (SSSR count). The van der Waals surface area contributed by atoms with Gasteiger partial charge in [-0.2, -0.15) is 5.10 Å². The van der Waals surface area contributed by atoms with Gasteiger partial charge in [-0.3, -0.25) is 14.5 Å². The van der Waals surface area contributed by atoms with Crippen LogP contribution in [-0.2, 0) is 20.0 Å². The number of amides is 1. The maximum Gasteiger partial charge on any atom is 0.271 e. The van der Waals surface area contributed by atoms with Crippen molar-refractivity contribution < 1.29 is 4.79 Å². The second kappa shape index (κ2) is 8.55. The highest BCUT2D eigenvalue weighted by atomic mass is 32.1. The fourth-order valence-corrected chi connectivity index (χ4v) is 3.85. The third-order valence-electron chi connectivity index (χ3n) is 4.74. The molecule has 8 heteroatoms. The zero-order chi connectivity index (χ0) is 18.5. The van der Waals surface area contributed by atoms with E-state index in [-0.39, 0.29) is 17.2 Å². The molecule has 0 aliphatic carbocycles. The van der Waals surface area contributed by atoms with E-state index in [2.05, 4.69) is 32.6 Å². The van der Waals surface area contributed by atoms with E-state index < -0.39 is 0 Å². The van der Waals surface area contributed by atoms with Crippen LogP contribution in [0.25, 0.3) is 0 Å². The van der Waals surface area contributed by atoms with Crippen molar-refractivity contribution in [2.45, 2.75) is 32.7 Å². The summed E-state index contributed by atoms with van der Waals surface area (Å²) in [7, 11) is 1.54. The lowest BCUT2D eigenvalue weighted by molar-refractivity contribution is 0.0928. The number of rotatable bonds is 6. The maximum absolute atomic E-state index is 12.2. The topological polar surface area (TPSA) is 80.1 Å². The Morgan fingerprint density at radius 2 is 2.12 bits per heavy atom. The van der Waals surface area contributed by atoms with Crippen LogP contribution >= 0.6 is 11.3 Å². The second-order valence-electron chi connectivity index (χ2n) is 6.70. The molecule has 140 valence electrons. The zero-order valence-electron chi connectivity index (χ0n) is 15.3. The summed E-state index contributed by atoms with van der Waals surface area (Å²) in [6.45, 7) is 5.74. The molecule has 1 saturated heterocycles. The predicted octanol–water partition coefficient (Wildman–Crippen LogP) is 1.44. The van der Waals surface area contributed by atoms with Crippen LogP contribution in [-0.4, -0.2) is 45.2 Å². The molecular formula is C18H25N5O2S. The number of piperidine rings is 1. The minimum Gasteiger partial charge on any atom is -0.350 e. The molecule has 7 nitrogen and oxygen atoms in total. The molecule has 0 atom stereocenters. The second-order valence-corrected chi connectivity index (χ2v) is 7.64. The summed E-state index contributed by atoms with van der Waals surface area (Å²) >= 11 is 1.74. The summed E-state index contributed by atoms with van der Waals surface area (Å²) in [5, 5.41) is 10.3. The first-order valence-corrected chi connectivity index (χ1v) is 9.91. The largest absolute Gasteiger partial charge is 0.350 e. The van der Waals surface area contributed by atoms with Gasteiger partial charge in [-0.15, -0.1) is 11.3 Å². The number of aromatic nitrogens is 3. The van der Waals surface area contributed by atoms with Crippen molar-refractivity contribution in [1.29, 1.82) is 0 Å². The Kier molecular flexibility index (Phi) is 6.16. The van der Waals surface area contributed by atoms with E-state index in [9.17, 15) is 9.59 Å². The maximum atomic E-state index is 12.2. The molecule has 1 aliphatic rings. The molecular weight excluding hydrogens is 350 g/mol. The summed E-state index contributed by atoms with van der Waals surface area (Å²) < 4.78 is 1.18. The Bertz CT molecular complexity index is 808. The van der Waals surface area contributed by atoms with Gasteiger partial charge in [0.15, 0.2) is 0 Å². The van der Waals surface area contributed by atoms with E-state index in [1.807, 2.05) is 0 Å². The normalized spacial score (nSPS) is 15.9. The van der Waals surface area contributed by atoms with Gasteiger partial charge in [-0.25, -0.2) is 9.67 Å². The van der Waals surface area contributed by atoms with E-state index in [4.69, 9.17) is 0 Å². The standard InChI is InChI=1S/C18H25N5O2S/c1-3-16-20-14(12-26-16)11-23-8-6-13(7-9-23)10-19-18(25)15-4-5-17(24)22(2)21-15/h4-5,12-13H,3,6-11H2,1-2H3,(H,19,25). The minimum absolute atomic E-state index is 0.222. The van der Waals surface area contributed by atoms with Crippen LogP contribution in [0, 0.1) is 5.92 Å². The van der Waals surface area contributed by atoms with Gasteiger partial charge in [-0.1, -0.05) is 6.92 Å². The molecule has 1 fully saturated rings. The summed E-state index contributed by atoms with van der Waals surface area (Å²) in [6.07, 6.45) is 3.12. The molecule has 1 N–H and O–H groups in total. The molecule has 0 bridgehead atoms. The van der Waals surface area contributed by atoms with Crippen LogP contribution in [0.5, 0.6) is 0 Å². The van der Waals surface area contributed by atoms with Crippen LogP contribution in [0.4, 0.5) is 0 Å². The van der Waals surface area contributed by atoms with Crippen LogP contribution in [0.3, 0.4) is 0 Å². The van der Waals surface area contributed by atoms with Gasteiger partial charge in [0.2, 0.25) is 0 Å². The van der Waals surface area contributed by atoms with Crippen LogP contribution < -0.4 is 10.9 Å². The van der Waals surface area contributed by atoms with Crippen molar-refractivity contribution in [3.63, 3.8) is 0 Å². The van der Waals surface area contributed by atoms with Crippen LogP contribution in [0.2, 0.25) is 0 Å². The van der Waals surface area contributed by atoms with E-state index >= 15 is 0 Å². The first-order valence-electron chi connectivity index (χ1n) is 9.03. The number of hydrogen-bond donors (Lipinski definition) is 1. The number of carbonyl (C=O) groups excluding carboxylic acids is 1. The molecule has 0 radical (unpaired) electrons. The summed E-state index contributed by atoms with van der Waals surface area (Å²) in [6, 6.07) is 2.83. The highest BCUT2D eigenvalue weighted by molar-refractivity contribution is 7.09. The van der Waals surface area contributed by atoms with Crippen molar-refractivity contribution in [2.75, 3.05) is 19.6 Å². The number of aryl methyl sites for hydroxylation is 2. The number of hydrogen-bond acceptors (Lipinski definition) is 6. The molecule has 1 amide bonds. The monoisotopic (exact) mass is 375 g/mol. The van der Waals surface area contributed by atoms with Crippen molar-refractivity contribution in [3.05, 3.63) is 44.3 Å². The first kappa shape index (κ1) is 18.7. The van der Waals surface area contributed by atoms with Gasteiger partial charge in [0, 0.05) is 31.6 Å². The predicted molar refractivity (Wildman–Crippen MR) is 101 cm³/mol. The third kappa shape index (κ3) is 4.76. The lowest BCUT2D eigenvalue weighted by Crippen LogP contribution is -2.38. The van der Waals surface area contributed by atoms with Gasteiger partial charge in [-0.05, 0) is 44.3 Å². The van der Waals surface area contributed by atoms with Crippen molar-refractivity contribution >= 4 is 17.2 Å². The Morgan fingerprint density at radius 3 is 2.77 bits per heavy atom. The van der Waals surface area contributed by atoms with Crippen LogP contribution in [0.1, 0.15) is 41.0 Å². The molecule has 0 spiro atoms. The number of likely N-dealkylation sites (tertiary alicyclic amines) is 1. The molecule has 0 saturated carbocycles. The van der Waals surface area contributed by atoms with Gasteiger partial charge in [0.1, 0.15) is 5.69 Å². The molecule has 26 heavy (non-hydrogen) atoms. The number of thiazole rings is 1. The Morgan fingerprint density at radius 1 is 1.35 bits per heavy atom. The highest BCUT2D eigenvalue weighted by Gasteiger charge is 2.21. The van der Waals surface area contributed by atoms with Gasteiger partial charge < -0.3 is 5.32 Å². The number of nitrogens with zero attached hydrogens (tertiary/aromatic N) is 4. The van der Waals surface area contributed by atoms with E-state index in [1.165, 1.54) is 27.5 Å². The van der Waals surface area contributed by atoms with E-state index in [0.717, 1.165) is 38.9 Å². The molecule has 2 aromatic heterocycles. The number of carbonyl (C=O) groups is 1. The lowest BCUT2D eigenvalue weighted by atomic mass is 9.96. The molecule has 3 heterocycles. The van der Waals surface area contributed by atoms with Gasteiger partial charge >= 0.3 is 0 Å². The summed E-state index contributed by atoms with van der Waals surface area (Å²) in [5.41, 5.74) is 1.22. The molecule has 2 aromatic rings. The number of nitrogens with one attached hydrogen (secondary N) is 1. The first-order chi connectivity index (χ1) is 12.5. The van der Waals surface area contributed by atoms with Crippen molar-refractivity contribution in [3.8, 4) is 0 Å². The van der Waals surface area contributed by atoms with Crippen molar-refractivity contribution in [1.82, 2.24) is 25.0 Å². The quantitative estimate of drug-likeness (QED) is 0.826. The third-order valence-corrected chi connectivity index (χ3v) is 5.78. The lowest BCUT2D eigenvalue weighted by Gasteiger charge is -2.31. The minimum atomic E-state index is -0.224. The van der Waals surface area contributed by atoms with Gasteiger partial charge in [0.25, 0.3) is 11.5 Å². The van der Waals surface area contributed by atoms with Crippen LogP contribution in [0.15, 0.2) is 22.3 Å². The fraction of sp³-hybridized carbons (Fsp3) is 0.556. The Hall–Kier alpha value is -2.06. The molecule has 0 unspecified atom stereocenters. The average Bonchev–Trinajstić information content (AvgIpc) is 3.10. The SMILES string of the molecule is CCc1nc(CN2CCC(CNC(=O)c3ccc(=O)n(C)n3)CC2)cs1. The van der Waals surface area contributed by atoms with Gasteiger partial charge in [0.05, 0.1) is 10.7 Å². The summed E-state index contributed by atoms with van der Waals surface area (Å²) in [4.78, 5) is 30.6. The van der Waals surface area contributed by atoms with Crippen molar-refractivity contribution in [2.24, 2.45) is 13.0 Å². The Labute approximate surface area is 157 Å². The smallest absolute Gasteiger partial charge is 0.271 e. The van der Waals surface area contributed by atoms with E-state index in [0.29, 0.717) is 12.5 Å². The fourth-order valence-electron chi connectivity index (χ4n) is 3.11. The zero-order valence-corrected chi connectivity index (χ0v) is 16.1. The summed E-state index contributed by atoms with van der Waals surface area (Å²) in [5.74, 6) is 0.252.